The van der Waals surface area contributed by atoms with Crippen molar-refractivity contribution in [1.82, 2.24) is 0 Å². The zero-order chi connectivity index (χ0) is 8.97. The molecule has 1 rings (SSSR count). The van der Waals surface area contributed by atoms with Crippen LogP contribution in [0.15, 0.2) is 30.3 Å². The van der Waals surface area contributed by atoms with Crippen LogP contribution in [0.2, 0.25) is 0 Å². The van der Waals surface area contributed by atoms with E-state index in [1.165, 1.54) is 0 Å². The van der Waals surface area contributed by atoms with Gasteiger partial charge in [-0.25, -0.2) is 0 Å². The number of aromatic hydroxyl groups is 1. The molecular formula is C10H9NO. The third kappa shape index (κ3) is 1.64. The highest BCUT2D eigenvalue weighted by molar-refractivity contribution is 5.76. The summed E-state index contributed by atoms with van der Waals surface area (Å²) >= 11 is 0. The Morgan fingerprint density at radius 2 is 2.33 bits per heavy atom. The van der Waals surface area contributed by atoms with E-state index >= 15 is 0 Å². The van der Waals surface area contributed by atoms with E-state index in [-0.39, 0.29) is 5.75 Å². The first-order valence-electron chi connectivity index (χ1n) is 3.63. The van der Waals surface area contributed by atoms with E-state index < -0.39 is 0 Å². The Morgan fingerprint density at radius 3 is 2.83 bits per heavy atom. The fourth-order valence-electron chi connectivity index (χ4n) is 0.969. The highest BCUT2D eigenvalue weighted by atomic mass is 16.3. The number of hydrogen-bond acceptors (Lipinski definition) is 2. The minimum absolute atomic E-state index is 0.183. The minimum atomic E-state index is 0.183. The number of phenols is 1. The monoisotopic (exact) mass is 159 g/mol. The van der Waals surface area contributed by atoms with Crippen LogP contribution in [0, 0.1) is 11.3 Å². The summed E-state index contributed by atoms with van der Waals surface area (Å²) in [6.45, 7) is 1.79. The van der Waals surface area contributed by atoms with Crippen molar-refractivity contribution in [2.45, 2.75) is 6.92 Å². The number of rotatable bonds is 1. The first-order chi connectivity index (χ1) is 5.77. The van der Waals surface area contributed by atoms with Gasteiger partial charge in [0.1, 0.15) is 5.75 Å². The lowest BCUT2D eigenvalue weighted by Crippen LogP contribution is -1.79. The van der Waals surface area contributed by atoms with Crippen LogP contribution in [0.3, 0.4) is 0 Å². The van der Waals surface area contributed by atoms with E-state index in [0.717, 1.165) is 5.56 Å². The van der Waals surface area contributed by atoms with Gasteiger partial charge in [-0.2, -0.15) is 5.26 Å². The van der Waals surface area contributed by atoms with Crippen LogP contribution in [-0.4, -0.2) is 5.11 Å². The summed E-state index contributed by atoms with van der Waals surface area (Å²) in [6, 6.07) is 8.69. The fraction of sp³-hybridized carbons (Fsp3) is 0.100. The number of nitrogens with zero attached hydrogens (tertiary/aromatic N) is 1. The van der Waals surface area contributed by atoms with Crippen molar-refractivity contribution in [3.63, 3.8) is 0 Å². The molecular weight excluding hydrogens is 150 g/mol. The third-order valence-corrected chi connectivity index (χ3v) is 1.57. The van der Waals surface area contributed by atoms with Crippen LogP contribution >= 0.6 is 0 Å². The summed E-state index contributed by atoms with van der Waals surface area (Å²) in [7, 11) is 0. The molecule has 0 fully saturated rings. The molecule has 12 heavy (non-hydrogen) atoms. The summed E-state index contributed by atoms with van der Waals surface area (Å²) in [6.07, 6.45) is 1.72. The molecule has 0 aromatic heterocycles. The molecule has 0 aliphatic rings. The molecule has 0 amide bonds. The lowest BCUT2D eigenvalue weighted by molar-refractivity contribution is 0.475. The second-order valence-corrected chi connectivity index (χ2v) is 2.36. The van der Waals surface area contributed by atoms with Crippen LogP contribution in [0.4, 0.5) is 0 Å². The molecule has 0 aliphatic carbocycles. The largest absolute Gasteiger partial charge is 0.508 e. The molecule has 1 aromatic carbocycles. The zero-order valence-corrected chi connectivity index (χ0v) is 6.78. The van der Waals surface area contributed by atoms with Gasteiger partial charge in [0.05, 0.1) is 11.6 Å². The maximum atomic E-state index is 9.12. The highest BCUT2D eigenvalue weighted by Crippen LogP contribution is 2.18. The quantitative estimate of drug-likeness (QED) is 0.639. The van der Waals surface area contributed by atoms with Gasteiger partial charge in [0.2, 0.25) is 0 Å². The Labute approximate surface area is 71.4 Å². The topological polar surface area (TPSA) is 44.0 Å². The van der Waals surface area contributed by atoms with Crippen molar-refractivity contribution in [3.8, 4) is 11.8 Å². The van der Waals surface area contributed by atoms with Gasteiger partial charge in [0, 0.05) is 0 Å². The Kier molecular flexibility index (Phi) is 2.49. The van der Waals surface area contributed by atoms with Crippen molar-refractivity contribution < 1.29 is 5.11 Å². The number of benzene rings is 1. The smallest absolute Gasteiger partial charge is 0.116 e. The van der Waals surface area contributed by atoms with Crippen molar-refractivity contribution in [2.24, 2.45) is 0 Å². The standard InChI is InChI=1S/C10H9NO/c1-2-8(7-11)9-4-3-5-10(12)6-9/h2-6,12H,1H3. The van der Waals surface area contributed by atoms with E-state index in [1.807, 2.05) is 6.07 Å². The fourth-order valence-corrected chi connectivity index (χ4v) is 0.969. The Hall–Kier alpha value is -1.75. The van der Waals surface area contributed by atoms with Gasteiger partial charge in [0.15, 0.2) is 0 Å². The first-order valence-corrected chi connectivity index (χ1v) is 3.63. The van der Waals surface area contributed by atoms with Gasteiger partial charge in [-0.15, -0.1) is 0 Å². The molecule has 0 saturated heterocycles. The Bertz CT molecular complexity index is 347. The molecule has 0 atom stereocenters. The molecule has 0 bridgehead atoms. The van der Waals surface area contributed by atoms with Crippen LogP contribution in [0.25, 0.3) is 5.57 Å². The van der Waals surface area contributed by atoms with Gasteiger partial charge in [-0.05, 0) is 24.6 Å². The van der Waals surface area contributed by atoms with Crippen LogP contribution in [0.5, 0.6) is 5.75 Å². The van der Waals surface area contributed by atoms with E-state index in [9.17, 15) is 0 Å². The second-order valence-electron chi connectivity index (χ2n) is 2.36. The summed E-state index contributed by atoms with van der Waals surface area (Å²) in [4.78, 5) is 0. The van der Waals surface area contributed by atoms with Gasteiger partial charge in [-0.3, -0.25) is 0 Å². The summed E-state index contributed by atoms with van der Waals surface area (Å²) in [5, 5.41) is 17.8. The normalized spacial score (nSPS) is 10.8. The second kappa shape index (κ2) is 3.59. The molecule has 0 radical (unpaired) electrons. The molecule has 60 valence electrons. The Morgan fingerprint density at radius 1 is 1.58 bits per heavy atom. The average Bonchev–Trinajstić information content (AvgIpc) is 2.07. The average molecular weight is 159 g/mol. The lowest BCUT2D eigenvalue weighted by Gasteiger charge is -1.97. The van der Waals surface area contributed by atoms with Crippen LogP contribution in [-0.2, 0) is 0 Å². The Balaban J connectivity index is 3.13. The van der Waals surface area contributed by atoms with Crippen molar-refractivity contribution in [2.75, 3.05) is 0 Å². The van der Waals surface area contributed by atoms with Gasteiger partial charge < -0.3 is 5.11 Å². The number of hydrogen-bond donors (Lipinski definition) is 1. The molecule has 1 N–H and O–H groups in total. The van der Waals surface area contributed by atoms with Gasteiger partial charge in [0.25, 0.3) is 0 Å². The zero-order valence-electron chi connectivity index (χ0n) is 6.78. The van der Waals surface area contributed by atoms with E-state index in [1.54, 1.807) is 37.3 Å². The number of phenolic OH excluding ortho intramolecular Hbond substituents is 1. The molecule has 0 aliphatic heterocycles. The molecule has 0 saturated carbocycles. The van der Waals surface area contributed by atoms with Crippen LogP contribution in [0.1, 0.15) is 12.5 Å². The maximum absolute atomic E-state index is 9.12. The first kappa shape index (κ1) is 8.35. The molecule has 1 aromatic rings. The van der Waals surface area contributed by atoms with E-state index in [4.69, 9.17) is 10.4 Å². The maximum Gasteiger partial charge on any atom is 0.116 e. The predicted molar refractivity (Wildman–Crippen MR) is 47.4 cm³/mol. The third-order valence-electron chi connectivity index (χ3n) is 1.57. The minimum Gasteiger partial charge on any atom is -0.508 e. The van der Waals surface area contributed by atoms with Crippen molar-refractivity contribution in [3.05, 3.63) is 35.9 Å². The molecule has 2 nitrogen and oxygen atoms in total. The molecule has 0 unspecified atom stereocenters. The molecule has 0 heterocycles. The molecule has 2 heteroatoms. The number of allylic oxidation sites excluding steroid dienone is 2. The van der Waals surface area contributed by atoms with E-state index in [2.05, 4.69) is 0 Å². The van der Waals surface area contributed by atoms with E-state index in [0.29, 0.717) is 5.57 Å². The van der Waals surface area contributed by atoms with Gasteiger partial charge in [-0.1, -0.05) is 18.2 Å². The summed E-state index contributed by atoms with van der Waals surface area (Å²) in [5.74, 6) is 0.183. The van der Waals surface area contributed by atoms with Gasteiger partial charge >= 0.3 is 0 Å². The summed E-state index contributed by atoms with van der Waals surface area (Å²) in [5.41, 5.74) is 1.32. The van der Waals surface area contributed by atoms with Crippen LogP contribution < -0.4 is 0 Å². The summed E-state index contributed by atoms with van der Waals surface area (Å²) < 4.78 is 0. The van der Waals surface area contributed by atoms with Crippen molar-refractivity contribution >= 4 is 5.57 Å². The highest BCUT2D eigenvalue weighted by Gasteiger charge is 1.98. The van der Waals surface area contributed by atoms with Crippen molar-refractivity contribution in [1.29, 1.82) is 5.26 Å². The SMILES string of the molecule is CC=C(C#N)c1cccc(O)c1. The predicted octanol–water partition coefficient (Wildman–Crippen LogP) is 2.32. The molecule has 0 spiro atoms. The number of nitriles is 1. The lowest BCUT2D eigenvalue weighted by atomic mass is 10.1.